The molecule has 0 amide bonds. The molecular formula is C29H50O2Si. The van der Waals surface area contributed by atoms with E-state index in [0.717, 1.165) is 19.3 Å². The van der Waals surface area contributed by atoms with Crippen molar-refractivity contribution in [3.05, 3.63) is 36.5 Å². The van der Waals surface area contributed by atoms with E-state index < -0.39 is 8.32 Å². The molecule has 2 rings (SSSR count). The highest BCUT2D eigenvalue weighted by molar-refractivity contribution is 6.74. The summed E-state index contributed by atoms with van der Waals surface area (Å²) >= 11 is 0. The number of allylic oxidation sites excluding steroid dienone is 5. The van der Waals surface area contributed by atoms with Crippen molar-refractivity contribution in [2.75, 3.05) is 0 Å². The van der Waals surface area contributed by atoms with Crippen molar-refractivity contribution in [2.45, 2.75) is 123 Å². The summed E-state index contributed by atoms with van der Waals surface area (Å²) in [5.74, 6) is 0.600. The van der Waals surface area contributed by atoms with Gasteiger partial charge in [-0.1, -0.05) is 90.7 Å². The Morgan fingerprint density at radius 3 is 2.44 bits per heavy atom. The highest BCUT2D eigenvalue weighted by Crippen LogP contribution is 2.52. The van der Waals surface area contributed by atoms with Crippen LogP contribution in [0.1, 0.15) is 98.8 Å². The number of unbranched alkanes of at least 4 members (excludes halogenated alkanes) is 2. The van der Waals surface area contributed by atoms with E-state index in [0.29, 0.717) is 11.5 Å². The lowest BCUT2D eigenvalue weighted by Gasteiger charge is -2.51. The van der Waals surface area contributed by atoms with Gasteiger partial charge in [-0.3, -0.25) is 4.79 Å². The van der Waals surface area contributed by atoms with E-state index in [1.165, 1.54) is 44.9 Å². The maximum absolute atomic E-state index is 12.4. The van der Waals surface area contributed by atoms with Crippen molar-refractivity contribution in [3.63, 3.8) is 0 Å². The van der Waals surface area contributed by atoms with Gasteiger partial charge in [0.15, 0.2) is 14.1 Å². The first kappa shape index (κ1) is 27.3. The topological polar surface area (TPSA) is 26.3 Å². The lowest BCUT2D eigenvalue weighted by Crippen LogP contribution is -2.51. The lowest BCUT2D eigenvalue weighted by molar-refractivity contribution is -0.117. The summed E-state index contributed by atoms with van der Waals surface area (Å²) in [6.07, 6.45) is 25.2. The Hall–Kier alpha value is -0.933. The predicted molar refractivity (Wildman–Crippen MR) is 141 cm³/mol. The summed E-state index contributed by atoms with van der Waals surface area (Å²) in [6, 6.07) is 0. The maximum Gasteiger partial charge on any atom is 0.192 e. The normalized spacial score (nSPS) is 24.5. The van der Waals surface area contributed by atoms with Crippen LogP contribution in [-0.2, 0) is 9.22 Å². The van der Waals surface area contributed by atoms with Crippen LogP contribution in [0.4, 0.5) is 0 Å². The van der Waals surface area contributed by atoms with Crippen molar-refractivity contribution in [1.29, 1.82) is 0 Å². The van der Waals surface area contributed by atoms with Crippen molar-refractivity contribution < 1.29 is 9.22 Å². The van der Waals surface area contributed by atoms with Crippen LogP contribution in [0, 0.1) is 17.3 Å². The highest BCUT2D eigenvalue weighted by Gasteiger charge is 2.48. The van der Waals surface area contributed by atoms with Crippen molar-refractivity contribution in [2.24, 2.45) is 17.3 Å². The molecular weight excluding hydrogens is 408 g/mol. The zero-order valence-electron chi connectivity index (χ0n) is 22.1. The Balaban J connectivity index is 2.08. The van der Waals surface area contributed by atoms with E-state index in [1.54, 1.807) is 6.08 Å². The number of rotatable bonds is 13. The Morgan fingerprint density at radius 1 is 1.16 bits per heavy atom. The van der Waals surface area contributed by atoms with Gasteiger partial charge in [0.2, 0.25) is 0 Å². The molecule has 2 aliphatic rings. The second-order valence-electron chi connectivity index (χ2n) is 11.8. The van der Waals surface area contributed by atoms with Gasteiger partial charge in [0.25, 0.3) is 0 Å². The first-order chi connectivity index (χ1) is 15.1. The van der Waals surface area contributed by atoms with Crippen LogP contribution in [0.5, 0.6) is 0 Å². The van der Waals surface area contributed by atoms with Gasteiger partial charge >= 0.3 is 0 Å². The summed E-state index contributed by atoms with van der Waals surface area (Å²) in [7, 11) is -1.84. The fourth-order valence-corrected chi connectivity index (χ4v) is 6.40. The van der Waals surface area contributed by atoms with Crippen molar-refractivity contribution in [3.8, 4) is 0 Å². The van der Waals surface area contributed by atoms with Gasteiger partial charge in [-0.2, -0.15) is 0 Å². The quantitative estimate of drug-likeness (QED) is 0.156. The van der Waals surface area contributed by atoms with Gasteiger partial charge in [0.1, 0.15) is 0 Å². The average Bonchev–Trinajstić information content (AvgIpc) is 3.02. The molecule has 0 heterocycles. The highest BCUT2D eigenvalue weighted by atomic mass is 28.4. The molecule has 182 valence electrons. The smallest absolute Gasteiger partial charge is 0.192 e. The van der Waals surface area contributed by atoms with Crippen LogP contribution in [0.2, 0.25) is 18.1 Å². The van der Waals surface area contributed by atoms with Gasteiger partial charge in [-0.25, -0.2) is 0 Å². The molecule has 0 aromatic carbocycles. The maximum atomic E-state index is 12.4. The molecule has 0 aromatic rings. The number of hydrogen-bond donors (Lipinski definition) is 0. The van der Waals surface area contributed by atoms with E-state index in [2.05, 4.69) is 78.1 Å². The molecule has 1 unspecified atom stereocenters. The summed E-state index contributed by atoms with van der Waals surface area (Å²) in [5.41, 5.74) is 0.358. The predicted octanol–water partition coefficient (Wildman–Crippen LogP) is 8.80. The number of carbonyl (C=O) groups excluding carboxylic acids is 1. The molecule has 3 atom stereocenters. The van der Waals surface area contributed by atoms with E-state index in [4.69, 9.17) is 4.43 Å². The summed E-state index contributed by atoms with van der Waals surface area (Å²) < 4.78 is 7.07. The molecule has 0 bridgehead atoms. The van der Waals surface area contributed by atoms with Gasteiger partial charge < -0.3 is 4.43 Å². The molecule has 0 saturated heterocycles. The van der Waals surface area contributed by atoms with Crippen LogP contribution in [0.3, 0.4) is 0 Å². The van der Waals surface area contributed by atoms with Crippen LogP contribution >= 0.6 is 0 Å². The zero-order valence-corrected chi connectivity index (χ0v) is 23.1. The third-order valence-electron chi connectivity index (χ3n) is 8.33. The monoisotopic (exact) mass is 458 g/mol. The molecule has 0 spiro atoms. The molecule has 0 aliphatic heterocycles. The molecule has 0 aromatic heterocycles. The summed E-state index contributed by atoms with van der Waals surface area (Å²) in [5, 5.41) is 0.224. The third kappa shape index (κ3) is 7.03. The minimum Gasteiger partial charge on any atom is -0.413 e. The Labute approximate surface area is 200 Å². The van der Waals surface area contributed by atoms with Crippen molar-refractivity contribution in [1.82, 2.24) is 0 Å². The van der Waals surface area contributed by atoms with Gasteiger partial charge in [-0.05, 0) is 68.1 Å². The average molecular weight is 459 g/mol. The molecule has 1 fully saturated rings. The lowest BCUT2D eigenvalue weighted by atomic mass is 9.62. The van der Waals surface area contributed by atoms with Crippen molar-refractivity contribution >= 4 is 14.1 Å². The Bertz CT molecular complexity index is 676. The number of carbonyl (C=O) groups is 1. The van der Waals surface area contributed by atoms with E-state index in [-0.39, 0.29) is 22.7 Å². The summed E-state index contributed by atoms with van der Waals surface area (Å²) in [6.45, 7) is 16.3. The van der Waals surface area contributed by atoms with Gasteiger partial charge in [0.05, 0.1) is 6.10 Å². The second-order valence-corrected chi connectivity index (χ2v) is 16.5. The first-order valence-electron chi connectivity index (χ1n) is 13.3. The Kier molecular flexibility index (Phi) is 10.2. The van der Waals surface area contributed by atoms with E-state index in [1.807, 2.05) is 0 Å². The van der Waals surface area contributed by atoms with Gasteiger partial charge in [0, 0.05) is 11.8 Å². The third-order valence-corrected chi connectivity index (χ3v) is 12.8. The molecule has 2 nitrogen and oxygen atoms in total. The fourth-order valence-electron chi connectivity index (χ4n) is 4.98. The fraction of sp³-hybridized carbons (Fsp3) is 0.759. The SMILES string of the molecule is CCCCC=CC[C@H]1C(=O)C=C[C@@H]1C=CCC(O[Si](C)(C)C(C)(C)C)C1(CCC)CCC1. The number of hydrogen-bond acceptors (Lipinski definition) is 2. The minimum absolute atomic E-state index is 0.0807. The van der Waals surface area contributed by atoms with Crippen LogP contribution in [0.15, 0.2) is 36.5 Å². The molecule has 0 N–H and O–H groups in total. The Morgan fingerprint density at radius 2 is 1.88 bits per heavy atom. The van der Waals surface area contributed by atoms with Gasteiger partial charge in [-0.15, -0.1) is 0 Å². The molecule has 2 aliphatic carbocycles. The van der Waals surface area contributed by atoms with E-state index >= 15 is 0 Å². The summed E-state index contributed by atoms with van der Waals surface area (Å²) in [4.78, 5) is 12.4. The molecule has 1 saturated carbocycles. The molecule has 0 radical (unpaired) electrons. The largest absolute Gasteiger partial charge is 0.413 e. The van der Waals surface area contributed by atoms with Crippen LogP contribution in [0.25, 0.3) is 0 Å². The van der Waals surface area contributed by atoms with E-state index in [9.17, 15) is 4.79 Å². The molecule has 32 heavy (non-hydrogen) atoms. The number of ketones is 1. The standard InChI is InChI=1S/C29H50O2Si/c1-8-10-11-12-13-17-25-24(19-20-26(25)30)16-14-18-27(29(21-9-2)22-15-23-29)31-32(6,7)28(3,4)5/h12-14,16,19-20,24-25,27H,8-11,15,17-18,21-23H2,1-7H3/t24-,25+,27?/m0/s1. The van der Waals surface area contributed by atoms with Crippen LogP contribution < -0.4 is 0 Å². The molecule has 3 heteroatoms. The first-order valence-corrected chi connectivity index (χ1v) is 16.2. The second kappa shape index (κ2) is 12.0. The minimum atomic E-state index is -1.84. The van der Waals surface area contributed by atoms with Crippen LogP contribution in [-0.4, -0.2) is 20.2 Å². The zero-order chi connectivity index (χ0) is 23.8.